The second kappa shape index (κ2) is 5.87. The average molecular weight is 242 g/mol. The number of carboxylic acids is 1. The summed E-state index contributed by atoms with van der Waals surface area (Å²) in [4.78, 5) is 13.1. The lowest BCUT2D eigenvalue weighted by atomic mass is 10.1. The van der Waals surface area contributed by atoms with Gasteiger partial charge in [-0.1, -0.05) is 25.4 Å². The van der Waals surface area contributed by atoms with Crippen molar-refractivity contribution in [3.05, 3.63) is 34.3 Å². The molecule has 16 heavy (non-hydrogen) atoms. The molecule has 88 valence electrons. The molecule has 4 heteroatoms. The molecule has 0 bridgehead atoms. The molecular formula is C12H16ClNO2. The van der Waals surface area contributed by atoms with Crippen molar-refractivity contribution in [3.63, 3.8) is 0 Å². The summed E-state index contributed by atoms with van der Waals surface area (Å²) in [5.74, 6) is -0.941. The zero-order valence-corrected chi connectivity index (χ0v) is 10.3. The highest BCUT2D eigenvalue weighted by molar-refractivity contribution is 6.31. The third-order valence-corrected chi connectivity index (χ3v) is 2.72. The molecule has 0 atom stereocenters. The first kappa shape index (κ1) is 13.0. The third-order valence-electron chi connectivity index (χ3n) is 2.51. The van der Waals surface area contributed by atoms with Gasteiger partial charge in [0.1, 0.15) is 0 Å². The highest BCUT2D eigenvalue weighted by Gasteiger charge is 2.08. The summed E-state index contributed by atoms with van der Waals surface area (Å²) in [6.45, 7) is 6.75. The Morgan fingerprint density at radius 1 is 1.31 bits per heavy atom. The van der Waals surface area contributed by atoms with Crippen molar-refractivity contribution in [2.75, 3.05) is 13.1 Å². The van der Waals surface area contributed by atoms with E-state index >= 15 is 0 Å². The van der Waals surface area contributed by atoms with Gasteiger partial charge in [0, 0.05) is 11.6 Å². The van der Waals surface area contributed by atoms with Crippen LogP contribution in [0.25, 0.3) is 0 Å². The van der Waals surface area contributed by atoms with Gasteiger partial charge in [0.2, 0.25) is 0 Å². The molecule has 1 aromatic carbocycles. The molecule has 0 fully saturated rings. The van der Waals surface area contributed by atoms with Gasteiger partial charge in [-0.05, 0) is 36.9 Å². The topological polar surface area (TPSA) is 40.5 Å². The van der Waals surface area contributed by atoms with Gasteiger partial charge in [0.15, 0.2) is 0 Å². The van der Waals surface area contributed by atoms with Crippen LogP contribution >= 0.6 is 11.6 Å². The molecule has 3 nitrogen and oxygen atoms in total. The van der Waals surface area contributed by atoms with E-state index in [2.05, 4.69) is 18.7 Å². The van der Waals surface area contributed by atoms with Crippen molar-refractivity contribution in [3.8, 4) is 0 Å². The first-order valence-electron chi connectivity index (χ1n) is 5.32. The monoisotopic (exact) mass is 241 g/mol. The molecule has 0 aliphatic carbocycles. The van der Waals surface area contributed by atoms with Gasteiger partial charge in [0.25, 0.3) is 0 Å². The van der Waals surface area contributed by atoms with Gasteiger partial charge < -0.3 is 5.11 Å². The van der Waals surface area contributed by atoms with Crippen molar-refractivity contribution in [2.45, 2.75) is 20.4 Å². The Kier molecular flexibility index (Phi) is 4.77. The molecule has 0 saturated heterocycles. The van der Waals surface area contributed by atoms with E-state index in [-0.39, 0.29) is 5.56 Å². The van der Waals surface area contributed by atoms with E-state index in [9.17, 15) is 4.79 Å². The van der Waals surface area contributed by atoms with E-state index in [1.54, 1.807) is 6.07 Å². The van der Waals surface area contributed by atoms with Crippen LogP contribution in [0.5, 0.6) is 0 Å². The minimum absolute atomic E-state index is 0.245. The molecular weight excluding hydrogens is 226 g/mol. The number of rotatable bonds is 5. The molecule has 0 aromatic heterocycles. The van der Waals surface area contributed by atoms with Crippen LogP contribution in [0.3, 0.4) is 0 Å². The fourth-order valence-corrected chi connectivity index (χ4v) is 1.83. The number of benzene rings is 1. The van der Waals surface area contributed by atoms with Crippen LogP contribution in [-0.4, -0.2) is 29.1 Å². The normalized spacial score (nSPS) is 10.8. The zero-order valence-electron chi connectivity index (χ0n) is 9.53. The summed E-state index contributed by atoms with van der Waals surface area (Å²) in [7, 11) is 0. The Morgan fingerprint density at radius 2 is 1.94 bits per heavy atom. The van der Waals surface area contributed by atoms with E-state index in [0.29, 0.717) is 5.02 Å². The molecule has 0 amide bonds. The maximum atomic E-state index is 10.9. The van der Waals surface area contributed by atoms with E-state index in [1.165, 1.54) is 6.07 Å². The minimum Gasteiger partial charge on any atom is -0.478 e. The summed E-state index contributed by atoms with van der Waals surface area (Å²) in [5.41, 5.74) is 1.18. The van der Waals surface area contributed by atoms with E-state index < -0.39 is 5.97 Å². The molecule has 0 radical (unpaired) electrons. The molecule has 0 heterocycles. The van der Waals surface area contributed by atoms with Gasteiger partial charge in [-0.2, -0.15) is 0 Å². The Bertz CT molecular complexity index is 375. The second-order valence-electron chi connectivity index (χ2n) is 3.61. The van der Waals surface area contributed by atoms with Gasteiger partial charge >= 0.3 is 5.97 Å². The molecule has 0 spiro atoms. The standard InChI is InChI=1S/C12H16ClNO2/c1-3-14(4-2)8-9-5-10(12(15)16)7-11(13)6-9/h5-7H,3-4,8H2,1-2H3,(H,15,16). The first-order chi connectivity index (χ1) is 7.56. The molecule has 1 N–H and O–H groups in total. The Balaban J connectivity index is 2.91. The maximum Gasteiger partial charge on any atom is 0.335 e. The van der Waals surface area contributed by atoms with E-state index in [1.807, 2.05) is 6.07 Å². The highest BCUT2D eigenvalue weighted by atomic mass is 35.5. The predicted molar refractivity (Wildman–Crippen MR) is 65.0 cm³/mol. The van der Waals surface area contributed by atoms with Crippen LogP contribution in [0.1, 0.15) is 29.8 Å². The van der Waals surface area contributed by atoms with Crippen LogP contribution in [0.4, 0.5) is 0 Å². The molecule has 0 saturated carbocycles. The fourth-order valence-electron chi connectivity index (χ4n) is 1.57. The number of carboxylic acid groups (broad SMARTS) is 1. The SMILES string of the molecule is CCN(CC)Cc1cc(Cl)cc(C(=O)O)c1. The van der Waals surface area contributed by atoms with Gasteiger partial charge in [0.05, 0.1) is 5.56 Å². The van der Waals surface area contributed by atoms with Gasteiger partial charge in [-0.15, -0.1) is 0 Å². The summed E-state index contributed by atoms with van der Waals surface area (Å²) < 4.78 is 0. The van der Waals surface area contributed by atoms with Crippen LogP contribution in [0, 0.1) is 0 Å². The molecule has 1 aromatic rings. The number of aromatic carboxylic acids is 1. The lowest BCUT2D eigenvalue weighted by Gasteiger charge is -2.18. The number of hydrogen-bond acceptors (Lipinski definition) is 2. The molecule has 0 aliphatic rings. The van der Waals surface area contributed by atoms with Gasteiger partial charge in [-0.3, -0.25) is 4.90 Å². The molecule has 1 rings (SSSR count). The number of hydrogen-bond donors (Lipinski definition) is 1. The summed E-state index contributed by atoms with van der Waals surface area (Å²) in [5, 5.41) is 9.38. The fraction of sp³-hybridized carbons (Fsp3) is 0.417. The van der Waals surface area contributed by atoms with Gasteiger partial charge in [-0.25, -0.2) is 4.79 Å². The van der Waals surface area contributed by atoms with Crippen LogP contribution in [0.15, 0.2) is 18.2 Å². The Labute approximate surface area is 101 Å². The number of halogens is 1. The number of carbonyl (C=O) groups is 1. The zero-order chi connectivity index (χ0) is 12.1. The summed E-state index contributed by atoms with van der Waals surface area (Å²) in [6, 6.07) is 4.95. The summed E-state index contributed by atoms with van der Waals surface area (Å²) in [6.07, 6.45) is 0. The Hall–Kier alpha value is -1.06. The lowest BCUT2D eigenvalue weighted by Crippen LogP contribution is -2.22. The average Bonchev–Trinajstić information content (AvgIpc) is 2.25. The maximum absolute atomic E-state index is 10.9. The van der Waals surface area contributed by atoms with Crippen LogP contribution < -0.4 is 0 Å². The quantitative estimate of drug-likeness (QED) is 0.862. The van der Waals surface area contributed by atoms with Crippen molar-refractivity contribution in [2.24, 2.45) is 0 Å². The second-order valence-corrected chi connectivity index (χ2v) is 4.05. The third kappa shape index (κ3) is 3.51. The van der Waals surface area contributed by atoms with E-state index in [0.717, 1.165) is 25.2 Å². The number of nitrogens with zero attached hydrogens (tertiary/aromatic N) is 1. The van der Waals surface area contributed by atoms with E-state index in [4.69, 9.17) is 16.7 Å². The molecule has 0 unspecified atom stereocenters. The predicted octanol–water partition coefficient (Wildman–Crippen LogP) is 2.88. The van der Waals surface area contributed by atoms with Crippen molar-refractivity contribution >= 4 is 17.6 Å². The smallest absolute Gasteiger partial charge is 0.335 e. The van der Waals surface area contributed by atoms with Crippen molar-refractivity contribution in [1.82, 2.24) is 4.90 Å². The largest absolute Gasteiger partial charge is 0.478 e. The lowest BCUT2D eigenvalue weighted by molar-refractivity contribution is 0.0696. The Morgan fingerprint density at radius 3 is 2.44 bits per heavy atom. The van der Waals surface area contributed by atoms with Crippen molar-refractivity contribution in [1.29, 1.82) is 0 Å². The summed E-state index contributed by atoms with van der Waals surface area (Å²) >= 11 is 5.88. The minimum atomic E-state index is -0.941. The molecule has 0 aliphatic heterocycles. The first-order valence-corrected chi connectivity index (χ1v) is 5.69. The van der Waals surface area contributed by atoms with Crippen LogP contribution in [0.2, 0.25) is 5.02 Å². The van der Waals surface area contributed by atoms with Crippen LogP contribution in [-0.2, 0) is 6.54 Å². The highest BCUT2D eigenvalue weighted by Crippen LogP contribution is 2.16. The van der Waals surface area contributed by atoms with Crippen molar-refractivity contribution < 1.29 is 9.90 Å².